The van der Waals surface area contributed by atoms with Gasteiger partial charge >= 0.3 is 0 Å². The fraction of sp³-hybridized carbons (Fsp3) is 0.529. The van der Waals surface area contributed by atoms with Crippen LogP contribution in [0.25, 0.3) is 0 Å². The summed E-state index contributed by atoms with van der Waals surface area (Å²) in [5.74, 6) is -0.0485. The van der Waals surface area contributed by atoms with Crippen LogP contribution < -0.4 is 5.32 Å². The molecule has 2 rings (SSSR count). The number of hydrogen-bond acceptors (Lipinski definition) is 3. The molecular formula is C17H23NO3. The van der Waals surface area contributed by atoms with Gasteiger partial charge in [0.05, 0.1) is 6.10 Å². The third kappa shape index (κ3) is 4.67. The Balaban J connectivity index is 1.77. The van der Waals surface area contributed by atoms with E-state index in [1.54, 1.807) is 0 Å². The van der Waals surface area contributed by atoms with Gasteiger partial charge in [-0.25, -0.2) is 0 Å². The second kappa shape index (κ2) is 7.36. The summed E-state index contributed by atoms with van der Waals surface area (Å²) in [5.41, 5.74) is 2.75. The number of rotatable bonds is 6. The van der Waals surface area contributed by atoms with Crippen molar-refractivity contribution in [2.24, 2.45) is 0 Å². The normalized spacial score (nSPS) is 17.7. The first-order chi connectivity index (χ1) is 10.1. The highest BCUT2D eigenvalue weighted by atomic mass is 16.5. The minimum Gasteiger partial charge on any atom is -0.376 e. The average Bonchev–Trinajstić information content (AvgIpc) is 2.98. The number of ketones is 1. The molecular weight excluding hydrogens is 266 g/mol. The van der Waals surface area contributed by atoms with Gasteiger partial charge < -0.3 is 10.1 Å². The van der Waals surface area contributed by atoms with Gasteiger partial charge in [-0.1, -0.05) is 17.7 Å². The summed E-state index contributed by atoms with van der Waals surface area (Å²) in [6.45, 7) is 5.22. The van der Waals surface area contributed by atoms with Gasteiger partial charge in [0.25, 0.3) is 0 Å². The highest BCUT2D eigenvalue weighted by Crippen LogP contribution is 2.14. The molecule has 0 saturated carbocycles. The summed E-state index contributed by atoms with van der Waals surface area (Å²) in [4.78, 5) is 23.9. The standard InChI is InChI=1S/C17H23NO3/c1-12-5-6-13(2)15(10-12)16(19)7-8-17(20)18-11-14-4-3-9-21-14/h5-6,10,14H,3-4,7-9,11H2,1-2H3,(H,18,20)/t14-/m0/s1. The number of aryl methyl sites for hydroxylation is 2. The molecule has 0 unspecified atom stereocenters. The van der Waals surface area contributed by atoms with E-state index < -0.39 is 0 Å². The number of ether oxygens (including phenoxy) is 1. The van der Waals surface area contributed by atoms with Crippen LogP contribution in [0.3, 0.4) is 0 Å². The topological polar surface area (TPSA) is 55.4 Å². The van der Waals surface area contributed by atoms with Gasteiger partial charge in [0.1, 0.15) is 0 Å². The molecule has 114 valence electrons. The lowest BCUT2D eigenvalue weighted by Crippen LogP contribution is -2.31. The van der Waals surface area contributed by atoms with E-state index in [1.165, 1.54) is 0 Å². The van der Waals surface area contributed by atoms with Crippen molar-refractivity contribution in [1.82, 2.24) is 5.32 Å². The second-order valence-electron chi connectivity index (χ2n) is 5.68. The molecule has 0 aliphatic carbocycles. The van der Waals surface area contributed by atoms with Gasteiger partial charge in [0.2, 0.25) is 5.91 Å². The van der Waals surface area contributed by atoms with Crippen LogP contribution in [0.5, 0.6) is 0 Å². The van der Waals surface area contributed by atoms with E-state index in [2.05, 4.69) is 5.32 Å². The molecule has 0 spiro atoms. The summed E-state index contributed by atoms with van der Waals surface area (Å²) in [6, 6.07) is 5.82. The van der Waals surface area contributed by atoms with E-state index in [4.69, 9.17) is 4.74 Å². The molecule has 1 aromatic rings. The maximum atomic E-state index is 12.2. The number of amides is 1. The van der Waals surface area contributed by atoms with Crippen LogP contribution in [0.2, 0.25) is 0 Å². The summed E-state index contributed by atoms with van der Waals surface area (Å²) in [5, 5.41) is 2.84. The summed E-state index contributed by atoms with van der Waals surface area (Å²) < 4.78 is 5.45. The Morgan fingerprint density at radius 2 is 2.10 bits per heavy atom. The number of hydrogen-bond donors (Lipinski definition) is 1. The van der Waals surface area contributed by atoms with Gasteiger partial charge in [0, 0.05) is 31.6 Å². The molecule has 1 aliphatic rings. The van der Waals surface area contributed by atoms with Crippen molar-refractivity contribution in [1.29, 1.82) is 0 Å². The Bertz CT molecular complexity index is 519. The molecule has 1 heterocycles. The van der Waals surface area contributed by atoms with Crippen molar-refractivity contribution in [2.75, 3.05) is 13.2 Å². The van der Waals surface area contributed by atoms with E-state index in [-0.39, 0.29) is 30.6 Å². The Kier molecular flexibility index (Phi) is 5.51. The molecule has 21 heavy (non-hydrogen) atoms. The van der Waals surface area contributed by atoms with Crippen LogP contribution >= 0.6 is 0 Å². The van der Waals surface area contributed by atoms with Crippen LogP contribution in [-0.2, 0) is 9.53 Å². The molecule has 1 aliphatic heterocycles. The van der Waals surface area contributed by atoms with Crippen molar-refractivity contribution >= 4 is 11.7 Å². The predicted octanol–water partition coefficient (Wildman–Crippen LogP) is 2.56. The SMILES string of the molecule is Cc1ccc(C)c(C(=O)CCC(=O)NC[C@@H]2CCCO2)c1. The van der Waals surface area contributed by atoms with E-state index >= 15 is 0 Å². The molecule has 4 heteroatoms. The van der Waals surface area contributed by atoms with Gasteiger partial charge in [-0.2, -0.15) is 0 Å². The third-order valence-corrected chi connectivity index (χ3v) is 3.82. The fourth-order valence-corrected chi connectivity index (χ4v) is 2.52. The van der Waals surface area contributed by atoms with Gasteiger partial charge in [-0.3, -0.25) is 9.59 Å². The molecule has 1 N–H and O–H groups in total. The number of carbonyl (C=O) groups excluding carboxylic acids is 2. The minimum absolute atomic E-state index is 0.0310. The predicted molar refractivity (Wildman–Crippen MR) is 81.5 cm³/mol. The molecule has 0 aromatic heterocycles. The Labute approximate surface area is 125 Å². The first-order valence-electron chi connectivity index (χ1n) is 7.55. The Morgan fingerprint density at radius 3 is 2.81 bits per heavy atom. The number of carbonyl (C=O) groups is 2. The maximum Gasteiger partial charge on any atom is 0.220 e. The van der Waals surface area contributed by atoms with Crippen LogP contribution in [0.1, 0.15) is 47.2 Å². The second-order valence-corrected chi connectivity index (χ2v) is 5.68. The van der Waals surface area contributed by atoms with Crippen LogP contribution in [0.15, 0.2) is 18.2 Å². The van der Waals surface area contributed by atoms with Crippen molar-refractivity contribution in [3.05, 3.63) is 34.9 Å². The number of nitrogens with one attached hydrogen (secondary N) is 1. The van der Waals surface area contributed by atoms with Gasteiger partial charge in [-0.15, -0.1) is 0 Å². The highest BCUT2D eigenvalue weighted by Gasteiger charge is 2.17. The monoisotopic (exact) mass is 289 g/mol. The van der Waals surface area contributed by atoms with Crippen LogP contribution in [-0.4, -0.2) is 30.9 Å². The van der Waals surface area contributed by atoms with Gasteiger partial charge in [-0.05, 0) is 38.3 Å². The minimum atomic E-state index is -0.0795. The third-order valence-electron chi connectivity index (χ3n) is 3.82. The lowest BCUT2D eigenvalue weighted by atomic mass is 9.99. The van der Waals surface area contributed by atoms with Crippen molar-refractivity contribution in [2.45, 2.75) is 45.6 Å². The van der Waals surface area contributed by atoms with E-state index in [1.807, 2.05) is 32.0 Å². The zero-order valence-electron chi connectivity index (χ0n) is 12.8. The zero-order valence-corrected chi connectivity index (χ0v) is 12.8. The Morgan fingerprint density at radius 1 is 1.29 bits per heavy atom. The lowest BCUT2D eigenvalue weighted by molar-refractivity contribution is -0.121. The maximum absolute atomic E-state index is 12.2. The molecule has 1 saturated heterocycles. The van der Waals surface area contributed by atoms with E-state index in [0.29, 0.717) is 6.54 Å². The van der Waals surface area contributed by atoms with Crippen LogP contribution in [0.4, 0.5) is 0 Å². The van der Waals surface area contributed by atoms with E-state index in [0.717, 1.165) is 36.1 Å². The highest BCUT2D eigenvalue weighted by molar-refractivity contribution is 5.99. The van der Waals surface area contributed by atoms with Crippen molar-refractivity contribution in [3.8, 4) is 0 Å². The van der Waals surface area contributed by atoms with Crippen molar-refractivity contribution < 1.29 is 14.3 Å². The first-order valence-corrected chi connectivity index (χ1v) is 7.55. The smallest absolute Gasteiger partial charge is 0.220 e. The number of Topliss-reactive ketones (excluding diaryl/α,β-unsaturated/α-hetero) is 1. The molecule has 4 nitrogen and oxygen atoms in total. The molecule has 0 radical (unpaired) electrons. The average molecular weight is 289 g/mol. The lowest BCUT2D eigenvalue weighted by Gasteiger charge is -2.11. The first kappa shape index (κ1) is 15.7. The largest absolute Gasteiger partial charge is 0.376 e. The van der Waals surface area contributed by atoms with E-state index in [9.17, 15) is 9.59 Å². The molecule has 1 fully saturated rings. The van der Waals surface area contributed by atoms with Crippen molar-refractivity contribution in [3.63, 3.8) is 0 Å². The fourth-order valence-electron chi connectivity index (χ4n) is 2.52. The molecule has 0 bridgehead atoms. The molecule has 1 aromatic carbocycles. The molecule has 1 amide bonds. The quantitative estimate of drug-likeness (QED) is 0.819. The summed E-state index contributed by atoms with van der Waals surface area (Å²) in [6.07, 6.45) is 2.69. The zero-order chi connectivity index (χ0) is 15.2. The Hall–Kier alpha value is -1.68. The van der Waals surface area contributed by atoms with Gasteiger partial charge in [0.15, 0.2) is 5.78 Å². The number of benzene rings is 1. The summed E-state index contributed by atoms with van der Waals surface area (Å²) >= 11 is 0. The molecule has 1 atom stereocenters. The van der Waals surface area contributed by atoms with Crippen LogP contribution in [0, 0.1) is 13.8 Å². The summed E-state index contributed by atoms with van der Waals surface area (Å²) in [7, 11) is 0.